The summed E-state index contributed by atoms with van der Waals surface area (Å²) in [6.07, 6.45) is 3.93. The molecule has 0 saturated heterocycles. The molecule has 1 atom stereocenters. The van der Waals surface area contributed by atoms with Gasteiger partial charge in [0.15, 0.2) is 0 Å². The zero-order valence-corrected chi connectivity index (χ0v) is 4.76. The predicted molar refractivity (Wildman–Crippen MR) is 31.5 cm³/mol. The minimum absolute atomic E-state index is 0.344. The molecule has 0 radical (unpaired) electrons. The summed E-state index contributed by atoms with van der Waals surface area (Å²) in [6, 6.07) is 0. The van der Waals surface area contributed by atoms with Crippen LogP contribution >= 0.6 is 0 Å². The lowest BCUT2D eigenvalue weighted by molar-refractivity contribution is 0.602. The van der Waals surface area contributed by atoms with Crippen LogP contribution in [0.15, 0.2) is 17.0 Å². The normalized spacial score (nSPS) is 27.8. The van der Waals surface area contributed by atoms with Gasteiger partial charge in [0.05, 0.1) is 0 Å². The minimum Gasteiger partial charge on any atom is -0.233 e. The summed E-state index contributed by atoms with van der Waals surface area (Å²) >= 11 is 0. The van der Waals surface area contributed by atoms with Crippen LogP contribution in [0.3, 0.4) is 0 Å². The molecule has 0 aromatic rings. The molecule has 0 bridgehead atoms. The average molecular weight is 113 g/mol. The van der Waals surface area contributed by atoms with E-state index in [2.05, 4.69) is 4.99 Å². The first-order valence-corrected chi connectivity index (χ1v) is 2.69. The zero-order chi connectivity index (χ0) is 5.98. The Labute approximate surface area is 47.9 Å². The Morgan fingerprint density at radius 3 is 3.00 bits per heavy atom. The Morgan fingerprint density at radius 1 is 1.88 bits per heavy atom. The molecule has 2 heteroatoms. The van der Waals surface area contributed by atoms with Crippen LogP contribution in [-0.4, -0.2) is 6.21 Å². The van der Waals surface area contributed by atoms with Crippen molar-refractivity contribution in [1.82, 2.24) is 0 Å². The van der Waals surface area contributed by atoms with Crippen molar-refractivity contribution >= 4 is 6.21 Å². The lowest BCUT2D eigenvalue weighted by atomic mass is 10.1. The lowest BCUT2D eigenvalue weighted by Crippen LogP contribution is -1.97. The van der Waals surface area contributed by atoms with Crippen LogP contribution in [0.4, 0.5) is 4.39 Å². The van der Waals surface area contributed by atoms with Crippen molar-refractivity contribution in [2.75, 3.05) is 0 Å². The van der Waals surface area contributed by atoms with Crippen molar-refractivity contribution in [3.63, 3.8) is 0 Å². The number of nitrogens with zero attached hydrogens (tertiary/aromatic N) is 1. The van der Waals surface area contributed by atoms with E-state index in [1.165, 1.54) is 6.08 Å². The Kier molecular flexibility index (Phi) is 1.42. The maximum atomic E-state index is 12.0. The third-order valence-electron chi connectivity index (χ3n) is 1.11. The van der Waals surface area contributed by atoms with Gasteiger partial charge in [-0.25, -0.2) is 4.99 Å². The highest BCUT2D eigenvalue weighted by Crippen LogP contribution is 2.11. The highest BCUT2D eigenvalue weighted by Gasteiger charge is 2.01. The fourth-order valence-electron chi connectivity index (χ4n) is 0.595. The summed E-state index contributed by atoms with van der Waals surface area (Å²) in [5.74, 6) is 0.0672. The van der Waals surface area contributed by atoms with Gasteiger partial charge in [-0.2, -0.15) is 4.39 Å². The number of hydrogen-bond donors (Lipinski definition) is 0. The molecule has 0 aliphatic carbocycles. The molecule has 1 heterocycles. The summed E-state index contributed by atoms with van der Waals surface area (Å²) < 4.78 is 12.0. The molecule has 0 fully saturated rings. The summed E-state index contributed by atoms with van der Waals surface area (Å²) in [4.78, 5) is 3.48. The number of halogens is 1. The molecule has 1 rings (SSSR count). The quantitative estimate of drug-likeness (QED) is 0.425. The van der Waals surface area contributed by atoms with Gasteiger partial charge in [-0.05, 0) is 18.4 Å². The largest absolute Gasteiger partial charge is 0.233 e. The molecule has 8 heavy (non-hydrogen) atoms. The Bertz CT molecular complexity index is 137. The van der Waals surface area contributed by atoms with Gasteiger partial charge in [-0.3, -0.25) is 0 Å². The van der Waals surface area contributed by atoms with Crippen molar-refractivity contribution in [2.45, 2.75) is 13.3 Å². The molecule has 1 aliphatic rings. The van der Waals surface area contributed by atoms with Gasteiger partial charge in [0.1, 0.15) is 0 Å². The second-order valence-electron chi connectivity index (χ2n) is 2.02. The van der Waals surface area contributed by atoms with E-state index in [1.54, 1.807) is 6.21 Å². The second-order valence-corrected chi connectivity index (χ2v) is 2.02. The van der Waals surface area contributed by atoms with Gasteiger partial charge in [0.25, 0.3) is 0 Å². The first kappa shape index (κ1) is 5.48. The van der Waals surface area contributed by atoms with E-state index >= 15 is 0 Å². The van der Waals surface area contributed by atoms with E-state index in [9.17, 15) is 4.39 Å². The first-order chi connectivity index (χ1) is 3.79. The topological polar surface area (TPSA) is 12.4 Å². The maximum Gasteiger partial charge on any atom is 0.208 e. The van der Waals surface area contributed by atoms with Crippen LogP contribution in [0.25, 0.3) is 0 Å². The van der Waals surface area contributed by atoms with Gasteiger partial charge < -0.3 is 0 Å². The zero-order valence-electron chi connectivity index (χ0n) is 4.76. The van der Waals surface area contributed by atoms with E-state index in [-0.39, 0.29) is 5.95 Å². The van der Waals surface area contributed by atoms with Crippen LogP contribution in [0.1, 0.15) is 13.3 Å². The van der Waals surface area contributed by atoms with E-state index < -0.39 is 0 Å². The van der Waals surface area contributed by atoms with E-state index in [4.69, 9.17) is 0 Å². The van der Waals surface area contributed by atoms with Gasteiger partial charge in [0, 0.05) is 6.21 Å². The van der Waals surface area contributed by atoms with Crippen LogP contribution in [0.5, 0.6) is 0 Å². The molecule has 44 valence electrons. The van der Waals surface area contributed by atoms with Crippen LogP contribution < -0.4 is 0 Å². The van der Waals surface area contributed by atoms with Gasteiger partial charge in [-0.15, -0.1) is 0 Å². The lowest BCUT2D eigenvalue weighted by Gasteiger charge is -2.03. The van der Waals surface area contributed by atoms with Gasteiger partial charge >= 0.3 is 0 Å². The Balaban J connectivity index is 2.58. The smallest absolute Gasteiger partial charge is 0.208 e. The standard InChI is InChI=1S/C6H8FN/c1-5-2-3-6(7)8-4-5/h3-5H,2H2,1H3. The van der Waals surface area contributed by atoms with E-state index in [1.807, 2.05) is 6.92 Å². The molecule has 1 aliphatic heterocycles. The molecule has 0 aromatic carbocycles. The summed E-state index contributed by atoms with van der Waals surface area (Å²) in [7, 11) is 0. The molecule has 0 aromatic heterocycles. The highest BCUT2D eigenvalue weighted by molar-refractivity contribution is 5.62. The molecule has 0 amide bonds. The minimum atomic E-state index is -0.344. The number of rotatable bonds is 0. The van der Waals surface area contributed by atoms with E-state index in [0.717, 1.165) is 6.42 Å². The Hall–Kier alpha value is -0.660. The first-order valence-electron chi connectivity index (χ1n) is 2.69. The molecule has 1 unspecified atom stereocenters. The van der Waals surface area contributed by atoms with Crippen molar-refractivity contribution in [3.05, 3.63) is 12.0 Å². The molecule has 0 spiro atoms. The third-order valence-corrected chi connectivity index (χ3v) is 1.11. The van der Waals surface area contributed by atoms with Crippen molar-refractivity contribution in [2.24, 2.45) is 10.9 Å². The average Bonchev–Trinajstić information content (AvgIpc) is 1.77. The molecular formula is C6H8FN. The van der Waals surface area contributed by atoms with Crippen LogP contribution in [0, 0.1) is 5.92 Å². The van der Waals surface area contributed by atoms with Crippen LogP contribution in [-0.2, 0) is 0 Å². The van der Waals surface area contributed by atoms with Crippen molar-refractivity contribution in [3.8, 4) is 0 Å². The number of allylic oxidation sites excluding steroid dienone is 1. The molecular weight excluding hydrogens is 105 g/mol. The SMILES string of the molecule is CC1C=NC(F)=CC1. The predicted octanol–water partition coefficient (Wildman–Crippen LogP) is 1.91. The molecule has 0 N–H and O–H groups in total. The summed E-state index contributed by atoms with van der Waals surface area (Å²) in [5.41, 5.74) is 0. The monoisotopic (exact) mass is 113 g/mol. The fraction of sp³-hybridized carbons (Fsp3) is 0.500. The number of aliphatic imine (C=N–C) groups is 1. The number of hydrogen-bond acceptors (Lipinski definition) is 1. The van der Waals surface area contributed by atoms with Crippen molar-refractivity contribution < 1.29 is 4.39 Å². The summed E-state index contributed by atoms with van der Waals surface area (Å²) in [5, 5.41) is 0. The molecule has 1 nitrogen and oxygen atoms in total. The third kappa shape index (κ3) is 1.15. The maximum absolute atomic E-state index is 12.0. The Morgan fingerprint density at radius 2 is 2.62 bits per heavy atom. The second kappa shape index (κ2) is 2.07. The van der Waals surface area contributed by atoms with E-state index in [0.29, 0.717) is 5.92 Å². The van der Waals surface area contributed by atoms with Crippen LogP contribution in [0.2, 0.25) is 0 Å². The summed E-state index contributed by atoms with van der Waals surface area (Å²) in [6.45, 7) is 2.01. The fourth-order valence-corrected chi connectivity index (χ4v) is 0.595. The molecule has 0 saturated carbocycles. The van der Waals surface area contributed by atoms with Crippen molar-refractivity contribution in [1.29, 1.82) is 0 Å². The van der Waals surface area contributed by atoms with Gasteiger partial charge in [0.2, 0.25) is 5.95 Å². The van der Waals surface area contributed by atoms with Gasteiger partial charge in [-0.1, -0.05) is 6.92 Å². The highest BCUT2D eigenvalue weighted by atomic mass is 19.1.